The van der Waals surface area contributed by atoms with Gasteiger partial charge in [0, 0.05) is 28.6 Å². The normalized spacial score (nSPS) is 10.8. The van der Waals surface area contributed by atoms with Crippen molar-refractivity contribution in [1.29, 1.82) is 0 Å². The Bertz CT molecular complexity index is 925. The van der Waals surface area contributed by atoms with E-state index in [0.717, 1.165) is 32.1 Å². The van der Waals surface area contributed by atoms with E-state index >= 15 is 0 Å². The highest BCUT2D eigenvalue weighted by molar-refractivity contribution is 6.31. The number of carbonyl (C=O) groups excluding carboxylic acids is 2. The second kappa shape index (κ2) is 13.2. The third-order valence-corrected chi connectivity index (χ3v) is 4.93. The number of halogens is 1. The summed E-state index contributed by atoms with van der Waals surface area (Å²) >= 11 is 6.27. The molecule has 0 fully saturated rings. The predicted molar refractivity (Wildman–Crippen MR) is 126 cm³/mol. The Morgan fingerprint density at radius 2 is 1.34 bits per heavy atom. The minimum Gasteiger partial charge on any atom is -0.486 e. The van der Waals surface area contributed by atoms with Crippen LogP contribution in [0.15, 0.2) is 18.2 Å². The van der Waals surface area contributed by atoms with Crippen LogP contribution < -0.4 is 18.9 Å². The van der Waals surface area contributed by atoms with Gasteiger partial charge in [0.25, 0.3) is 0 Å². The monoisotopic (exact) mass is 464 g/mol. The lowest BCUT2D eigenvalue weighted by molar-refractivity contribution is -0.135. The van der Waals surface area contributed by atoms with E-state index in [4.69, 9.17) is 30.5 Å². The molecule has 0 N–H and O–H groups in total. The van der Waals surface area contributed by atoms with Crippen molar-refractivity contribution in [3.8, 4) is 23.0 Å². The number of fused-ring (bicyclic) bond motifs is 1. The number of ether oxygens (including phenoxy) is 4. The van der Waals surface area contributed by atoms with Crippen molar-refractivity contribution in [3.63, 3.8) is 0 Å². The first-order valence-corrected chi connectivity index (χ1v) is 11.8. The van der Waals surface area contributed by atoms with E-state index in [1.165, 1.54) is 0 Å². The molecule has 0 aliphatic heterocycles. The summed E-state index contributed by atoms with van der Waals surface area (Å²) in [6.45, 7) is 8.48. The van der Waals surface area contributed by atoms with Crippen LogP contribution in [0.4, 0.5) is 0 Å². The Kier molecular flexibility index (Phi) is 10.6. The van der Waals surface area contributed by atoms with Crippen LogP contribution in [0.1, 0.15) is 72.6 Å². The molecule has 32 heavy (non-hydrogen) atoms. The highest BCUT2D eigenvalue weighted by Gasteiger charge is 2.27. The van der Waals surface area contributed by atoms with Crippen molar-refractivity contribution in [3.05, 3.63) is 23.2 Å². The fourth-order valence-electron chi connectivity index (χ4n) is 3.10. The number of carbonyl (C=O) groups is 2. The Balaban J connectivity index is 2.73. The predicted octanol–water partition coefficient (Wildman–Crippen LogP) is 6.87. The summed E-state index contributed by atoms with van der Waals surface area (Å²) < 4.78 is 23.5. The van der Waals surface area contributed by atoms with Crippen LogP contribution in [-0.2, 0) is 9.59 Å². The van der Waals surface area contributed by atoms with Crippen molar-refractivity contribution in [1.82, 2.24) is 0 Å². The molecule has 0 aromatic heterocycles. The first kappa shape index (κ1) is 25.8. The molecule has 0 atom stereocenters. The van der Waals surface area contributed by atoms with E-state index in [9.17, 15) is 9.59 Å². The molecule has 7 heteroatoms. The van der Waals surface area contributed by atoms with Gasteiger partial charge in [0.2, 0.25) is 11.5 Å². The Morgan fingerprint density at radius 1 is 0.750 bits per heavy atom. The van der Waals surface area contributed by atoms with Crippen LogP contribution in [0.3, 0.4) is 0 Å². The maximum absolute atomic E-state index is 12.6. The van der Waals surface area contributed by atoms with Gasteiger partial charge in [-0.25, -0.2) is 0 Å². The molecule has 0 amide bonds. The average molecular weight is 465 g/mol. The van der Waals surface area contributed by atoms with Crippen molar-refractivity contribution in [2.45, 2.75) is 72.6 Å². The van der Waals surface area contributed by atoms with Crippen LogP contribution in [0.2, 0.25) is 5.02 Å². The number of unbranched alkanes of at least 4 members (excludes halogenated alkanes) is 2. The molecule has 2 aromatic rings. The maximum atomic E-state index is 12.6. The summed E-state index contributed by atoms with van der Waals surface area (Å²) in [5.41, 5.74) is 0. The van der Waals surface area contributed by atoms with Crippen LogP contribution >= 0.6 is 11.6 Å². The highest BCUT2D eigenvalue weighted by atomic mass is 35.5. The fraction of sp³-hybridized carbons (Fsp3) is 0.520. The van der Waals surface area contributed by atoms with E-state index in [0.29, 0.717) is 35.4 Å². The molecular weight excluding hydrogens is 432 g/mol. The molecule has 0 saturated carbocycles. The van der Waals surface area contributed by atoms with Crippen LogP contribution in [-0.4, -0.2) is 25.2 Å². The Hall–Kier alpha value is -2.47. The van der Waals surface area contributed by atoms with Crippen LogP contribution in [0.25, 0.3) is 10.8 Å². The third kappa shape index (κ3) is 6.76. The number of hydrogen-bond donors (Lipinski definition) is 0. The van der Waals surface area contributed by atoms with Gasteiger partial charge in [-0.1, -0.05) is 52.1 Å². The number of benzene rings is 2. The van der Waals surface area contributed by atoms with Crippen LogP contribution in [0, 0.1) is 0 Å². The van der Waals surface area contributed by atoms with Gasteiger partial charge in [0.15, 0.2) is 11.5 Å². The zero-order valence-corrected chi connectivity index (χ0v) is 20.2. The molecule has 0 spiro atoms. The van der Waals surface area contributed by atoms with Gasteiger partial charge in [-0.15, -0.1) is 0 Å². The Morgan fingerprint density at radius 3 is 1.91 bits per heavy atom. The smallest absolute Gasteiger partial charge is 0.311 e. The van der Waals surface area contributed by atoms with E-state index in [-0.39, 0.29) is 35.4 Å². The standard InChI is InChI=1S/C25H33ClO6/c1-5-9-10-11-21(28)32-23-19-16-17(26)12-13-18(19)22(31-20(27)8-4)24(29-14-6-2)25(23)30-15-7-3/h12-13,16H,5-11,14-15H2,1-4H3. The first-order chi connectivity index (χ1) is 15.5. The van der Waals surface area contributed by atoms with Gasteiger partial charge >= 0.3 is 11.9 Å². The summed E-state index contributed by atoms with van der Waals surface area (Å²) in [4.78, 5) is 24.9. The second-order valence-corrected chi connectivity index (χ2v) is 7.90. The van der Waals surface area contributed by atoms with E-state index in [1.807, 2.05) is 13.8 Å². The van der Waals surface area contributed by atoms with Gasteiger partial charge < -0.3 is 18.9 Å². The molecule has 0 heterocycles. The first-order valence-electron chi connectivity index (χ1n) is 11.4. The molecule has 2 rings (SSSR count). The molecule has 0 aliphatic rings. The molecule has 2 aromatic carbocycles. The van der Waals surface area contributed by atoms with E-state index < -0.39 is 5.97 Å². The summed E-state index contributed by atoms with van der Waals surface area (Å²) in [5.74, 6) is 0.217. The van der Waals surface area contributed by atoms with Gasteiger partial charge in [-0.3, -0.25) is 9.59 Å². The molecule has 0 aliphatic carbocycles. The van der Waals surface area contributed by atoms with Crippen molar-refractivity contribution in [2.75, 3.05) is 13.2 Å². The molecule has 0 unspecified atom stereocenters. The Labute approximate surface area is 195 Å². The molecule has 176 valence electrons. The van der Waals surface area contributed by atoms with E-state index in [2.05, 4.69) is 6.92 Å². The third-order valence-electron chi connectivity index (χ3n) is 4.70. The maximum Gasteiger partial charge on any atom is 0.311 e. The lowest BCUT2D eigenvalue weighted by atomic mass is 10.1. The molecule has 0 radical (unpaired) electrons. The minimum absolute atomic E-state index is 0.196. The lowest BCUT2D eigenvalue weighted by Crippen LogP contribution is -2.13. The zero-order chi connectivity index (χ0) is 23.5. The topological polar surface area (TPSA) is 71.1 Å². The van der Waals surface area contributed by atoms with Gasteiger partial charge in [-0.05, 0) is 37.5 Å². The number of rotatable bonds is 13. The van der Waals surface area contributed by atoms with Gasteiger partial charge in [-0.2, -0.15) is 0 Å². The van der Waals surface area contributed by atoms with Crippen LogP contribution in [0.5, 0.6) is 23.0 Å². The van der Waals surface area contributed by atoms with Crippen molar-refractivity contribution in [2.24, 2.45) is 0 Å². The van der Waals surface area contributed by atoms with Crippen molar-refractivity contribution < 1.29 is 28.5 Å². The van der Waals surface area contributed by atoms with Gasteiger partial charge in [0.1, 0.15) is 0 Å². The largest absolute Gasteiger partial charge is 0.486 e. The summed E-state index contributed by atoms with van der Waals surface area (Å²) in [5, 5.41) is 1.54. The zero-order valence-electron chi connectivity index (χ0n) is 19.4. The highest BCUT2D eigenvalue weighted by Crippen LogP contribution is 2.52. The summed E-state index contributed by atoms with van der Waals surface area (Å²) in [6, 6.07) is 5.10. The summed E-state index contributed by atoms with van der Waals surface area (Å²) in [6.07, 6.45) is 4.64. The fourth-order valence-corrected chi connectivity index (χ4v) is 3.27. The van der Waals surface area contributed by atoms with E-state index in [1.54, 1.807) is 25.1 Å². The number of esters is 2. The molecular formula is C25H33ClO6. The summed E-state index contributed by atoms with van der Waals surface area (Å²) in [7, 11) is 0. The number of hydrogen-bond acceptors (Lipinski definition) is 6. The minimum atomic E-state index is -0.409. The van der Waals surface area contributed by atoms with Crippen molar-refractivity contribution >= 4 is 34.3 Å². The lowest BCUT2D eigenvalue weighted by Gasteiger charge is -2.21. The van der Waals surface area contributed by atoms with Gasteiger partial charge in [0.05, 0.1) is 13.2 Å². The quantitative estimate of drug-likeness (QED) is 0.183. The SMILES string of the molecule is CCCCCC(=O)Oc1c(OCCC)c(OCCC)c(OC(=O)CC)c2ccc(Cl)cc12. The second-order valence-electron chi connectivity index (χ2n) is 7.46. The molecule has 0 bridgehead atoms. The average Bonchev–Trinajstić information content (AvgIpc) is 2.78. The molecule has 6 nitrogen and oxygen atoms in total. The molecule has 0 saturated heterocycles.